The van der Waals surface area contributed by atoms with E-state index in [0.29, 0.717) is 19.6 Å². The predicted molar refractivity (Wildman–Crippen MR) is 88.3 cm³/mol. The number of nitrogens with one attached hydrogen (secondary N) is 1. The maximum atomic E-state index is 12.1. The SMILES string of the molecule is COCc1nc(CCNS(=O)(=O)Cc2ccccc2C)cs1. The Morgan fingerprint density at radius 1 is 1.32 bits per heavy atom. The summed E-state index contributed by atoms with van der Waals surface area (Å²) in [4.78, 5) is 4.38. The van der Waals surface area contributed by atoms with E-state index in [4.69, 9.17) is 4.74 Å². The lowest BCUT2D eigenvalue weighted by Gasteiger charge is -2.08. The summed E-state index contributed by atoms with van der Waals surface area (Å²) < 4.78 is 31.8. The van der Waals surface area contributed by atoms with Crippen LogP contribution in [0, 0.1) is 6.92 Å². The Bertz CT molecular complexity index is 711. The quantitative estimate of drug-likeness (QED) is 0.800. The van der Waals surface area contributed by atoms with E-state index >= 15 is 0 Å². The number of aromatic nitrogens is 1. The van der Waals surface area contributed by atoms with Crippen LogP contribution in [0.25, 0.3) is 0 Å². The molecule has 0 saturated heterocycles. The van der Waals surface area contributed by atoms with Crippen molar-refractivity contribution in [3.05, 3.63) is 51.5 Å². The summed E-state index contributed by atoms with van der Waals surface area (Å²) >= 11 is 1.52. The second-order valence-electron chi connectivity index (χ2n) is 5.00. The first-order valence-electron chi connectivity index (χ1n) is 6.94. The summed E-state index contributed by atoms with van der Waals surface area (Å²) in [5.74, 6) is 0.00562. The third-order valence-electron chi connectivity index (χ3n) is 3.18. The van der Waals surface area contributed by atoms with Crippen molar-refractivity contribution in [1.82, 2.24) is 9.71 Å². The molecular weight excluding hydrogens is 320 g/mol. The van der Waals surface area contributed by atoms with Crippen molar-refractivity contribution in [3.63, 3.8) is 0 Å². The molecule has 0 saturated carbocycles. The van der Waals surface area contributed by atoms with Crippen LogP contribution < -0.4 is 4.72 Å². The van der Waals surface area contributed by atoms with Crippen molar-refractivity contribution in [2.75, 3.05) is 13.7 Å². The fourth-order valence-electron chi connectivity index (χ4n) is 2.02. The molecule has 0 spiro atoms. The van der Waals surface area contributed by atoms with Crippen molar-refractivity contribution in [3.8, 4) is 0 Å². The van der Waals surface area contributed by atoms with Gasteiger partial charge in [-0.25, -0.2) is 18.1 Å². The molecule has 0 bridgehead atoms. The molecule has 0 radical (unpaired) electrons. The van der Waals surface area contributed by atoms with Crippen LogP contribution in [0.15, 0.2) is 29.6 Å². The van der Waals surface area contributed by atoms with E-state index in [9.17, 15) is 8.42 Å². The molecular formula is C15H20N2O3S2. The van der Waals surface area contributed by atoms with Gasteiger partial charge in [0.2, 0.25) is 10.0 Å². The lowest BCUT2D eigenvalue weighted by Crippen LogP contribution is -2.27. The molecule has 2 aromatic rings. The minimum Gasteiger partial charge on any atom is -0.378 e. The summed E-state index contributed by atoms with van der Waals surface area (Å²) in [6, 6.07) is 7.51. The van der Waals surface area contributed by atoms with Gasteiger partial charge < -0.3 is 4.74 Å². The fourth-order valence-corrected chi connectivity index (χ4v) is 4.06. The van der Waals surface area contributed by atoms with E-state index in [1.807, 2.05) is 36.6 Å². The zero-order valence-corrected chi connectivity index (χ0v) is 14.3. The number of aryl methyl sites for hydroxylation is 1. The Morgan fingerprint density at radius 3 is 2.82 bits per heavy atom. The monoisotopic (exact) mass is 340 g/mol. The number of hydrogen-bond donors (Lipinski definition) is 1. The van der Waals surface area contributed by atoms with Gasteiger partial charge in [-0.15, -0.1) is 11.3 Å². The second kappa shape index (κ2) is 7.82. The largest absolute Gasteiger partial charge is 0.378 e. The smallest absolute Gasteiger partial charge is 0.215 e. The highest BCUT2D eigenvalue weighted by Gasteiger charge is 2.12. The number of sulfonamides is 1. The summed E-state index contributed by atoms with van der Waals surface area (Å²) in [6.07, 6.45) is 0.577. The molecule has 1 N–H and O–H groups in total. The summed E-state index contributed by atoms with van der Waals surface area (Å²) in [5.41, 5.74) is 2.69. The fraction of sp³-hybridized carbons (Fsp3) is 0.400. The Balaban J connectivity index is 1.86. The van der Waals surface area contributed by atoms with Gasteiger partial charge in [0.15, 0.2) is 0 Å². The molecule has 0 aliphatic carbocycles. The molecule has 1 aromatic heterocycles. The minimum absolute atomic E-state index is 0.00562. The van der Waals surface area contributed by atoms with Gasteiger partial charge in [-0.1, -0.05) is 24.3 Å². The van der Waals surface area contributed by atoms with Crippen molar-refractivity contribution >= 4 is 21.4 Å². The molecule has 120 valence electrons. The molecule has 7 heteroatoms. The van der Waals surface area contributed by atoms with E-state index in [-0.39, 0.29) is 5.75 Å². The topological polar surface area (TPSA) is 68.3 Å². The Hall–Kier alpha value is -1.28. The molecule has 0 fully saturated rings. The predicted octanol–water partition coefficient (Wildman–Crippen LogP) is 2.26. The average molecular weight is 340 g/mol. The number of nitrogens with zero attached hydrogens (tertiary/aromatic N) is 1. The first-order chi connectivity index (χ1) is 10.5. The number of rotatable bonds is 8. The van der Waals surface area contributed by atoms with Crippen molar-refractivity contribution < 1.29 is 13.2 Å². The normalized spacial score (nSPS) is 11.7. The lowest BCUT2D eigenvalue weighted by atomic mass is 10.1. The van der Waals surface area contributed by atoms with E-state index in [1.165, 1.54) is 11.3 Å². The van der Waals surface area contributed by atoms with Crippen LogP contribution in [0.2, 0.25) is 0 Å². The standard InChI is InChI=1S/C15H20N2O3S2/c1-12-5-3-4-6-13(12)11-22(18,19)16-8-7-14-10-21-15(17-14)9-20-2/h3-6,10,16H,7-9,11H2,1-2H3. The van der Waals surface area contributed by atoms with Gasteiger partial charge >= 0.3 is 0 Å². The van der Waals surface area contributed by atoms with Crippen molar-refractivity contribution in [1.29, 1.82) is 0 Å². The van der Waals surface area contributed by atoms with Crippen LogP contribution >= 0.6 is 11.3 Å². The molecule has 2 rings (SSSR count). The molecule has 22 heavy (non-hydrogen) atoms. The maximum absolute atomic E-state index is 12.1. The molecule has 1 heterocycles. The van der Waals surface area contributed by atoms with Crippen molar-refractivity contribution in [2.24, 2.45) is 0 Å². The Morgan fingerprint density at radius 2 is 2.09 bits per heavy atom. The van der Waals surface area contributed by atoms with Crippen LogP contribution in [0.5, 0.6) is 0 Å². The first kappa shape index (κ1) is 17.1. The number of ether oxygens (including phenoxy) is 1. The minimum atomic E-state index is -3.33. The zero-order chi connectivity index (χ0) is 16.0. The highest BCUT2D eigenvalue weighted by Crippen LogP contribution is 2.12. The van der Waals surface area contributed by atoms with Gasteiger partial charge in [0, 0.05) is 25.5 Å². The number of benzene rings is 1. The van der Waals surface area contributed by atoms with E-state index < -0.39 is 10.0 Å². The summed E-state index contributed by atoms with van der Waals surface area (Å²) in [7, 11) is -1.70. The zero-order valence-electron chi connectivity index (χ0n) is 12.7. The number of hydrogen-bond acceptors (Lipinski definition) is 5. The van der Waals surface area contributed by atoms with Crippen LogP contribution in [0.1, 0.15) is 21.8 Å². The van der Waals surface area contributed by atoms with Crippen LogP contribution in [-0.2, 0) is 33.5 Å². The van der Waals surface area contributed by atoms with Crippen molar-refractivity contribution in [2.45, 2.75) is 25.7 Å². The maximum Gasteiger partial charge on any atom is 0.215 e. The Labute approximate surface area is 135 Å². The molecule has 0 atom stereocenters. The van der Waals surface area contributed by atoms with Gasteiger partial charge in [0.25, 0.3) is 0 Å². The molecule has 0 amide bonds. The summed E-state index contributed by atoms with van der Waals surface area (Å²) in [6.45, 7) is 2.76. The Kier molecular flexibility index (Phi) is 6.07. The van der Waals surface area contributed by atoms with Crippen LogP contribution in [-0.4, -0.2) is 27.1 Å². The lowest BCUT2D eigenvalue weighted by molar-refractivity contribution is 0.184. The van der Waals surface area contributed by atoms with Crippen LogP contribution in [0.3, 0.4) is 0 Å². The third-order valence-corrected chi connectivity index (χ3v) is 5.38. The number of thiazole rings is 1. The van der Waals surface area contributed by atoms with E-state index in [0.717, 1.165) is 21.8 Å². The van der Waals surface area contributed by atoms with Gasteiger partial charge in [-0.2, -0.15) is 0 Å². The molecule has 1 aromatic carbocycles. The highest BCUT2D eigenvalue weighted by molar-refractivity contribution is 7.88. The number of methoxy groups -OCH3 is 1. The summed E-state index contributed by atoms with van der Waals surface area (Å²) in [5, 5.41) is 2.84. The highest BCUT2D eigenvalue weighted by atomic mass is 32.2. The van der Waals surface area contributed by atoms with Gasteiger partial charge in [-0.3, -0.25) is 0 Å². The average Bonchev–Trinajstić information content (AvgIpc) is 2.89. The van der Waals surface area contributed by atoms with Gasteiger partial charge in [0.05, 0.1) is 18.1 Å². The van der Waals surface area contributed by atoms with E-state index in [2.05, 4.69) is 9.71 Å². The van der Waals surface area contributed by atoms with Crippen LogP contribution in [0.4, 0.5) is 0 Å². The first-order valence-corrected chi connectivity index (χ1v) is 9.47. The van der Waals surface area contributed by atoms with Gasteiger partial charge in [-0.05, 0) is 18.1 Å². The molecule has 0 aliphatic rings. The second-order valence-corrected chi connectivity index (χ2v) is 7.75. The molecule has 0 unspecified atom stereocenters. The molecule has 5 nitrogen and oxygen atoms in total. The van der Waals surface area contributed by atoms with E-state index in [1.54, 1.807) is 7.11 Å². The molecule has 0 aliphatic heterocycles. The third kappa shape index (κ3) is 5.17. The van der Waals surface area contributed by atoms with Gasteiger partial charge in [0.1, 0.15) is 5.01 Å².